The molecule has 2 atom stereocenters. The summed E-state index contributed by atoms with van der Waals surface area (Å²) in [6.07, 6.45) is 4.97. The van der Waals surface area contributed by atoms with Crippen molar-refractivity contribution in [1.29, 1.82) is 0 Å². The van der Waals surface area contributed by atoms with Crippen molar-refractivity contribution in [3.8, 4) is 0 Å². The maximum atomic E-state index is 10.9. The van der Waals surface area contributed by atoms with E-state index >= 15 is 0 Å². The van der Waals surface area contributed by atoms with Crippen molar-refractivity contribution in [1.82, 2.24) is 10.6 Å². The Morgan fingerprint density at radius 3 is 2.41 bits per heavy atom. The zero-order chi connectivity index (χ0) is 12.8. The second-order valence-corrected chi connectivity index (χ2v) is 4.83. The average molecular weight is 242 g/mol. The van der Waals surface area contributed by atoms with Gasteiger partial charge in [-0.2, -0.15) is 0 Å². The van der Waals surface area contributed by atoms with Crippen LogP contribution in [0.25, 0.3) is 0 Å². The minimum atomic E-state index is -0.994. The molecule has 1 fully saturated rings. The third-order valence-electron chi connectivity index (χ3n) is 3.43. The Morgan fingerprint density at radius 2 is 1.94 bits per heavy atom. The van der Waals surface area contributed by atoms with Gasteiger partial charge in [-0.25, -0.2) is 4.79 Å². The normalized spacial score (nSPS) is 19.9. The van der Waals surface area contributed by atoms with E-state index in [9.17, 15) is 9.59 Å². The summed E-state index contributed by atoms with van der Waals surface area (Å²) >= 11 is 0. The average Bonchev–Trinajstić information content (AvgIpc) is 2.76. The van der Waals surface area contributed by atoms with Crippen LogP contribution in [-0.2, 0) is 9.59 Å². The fourth-order valence-electron chi connectivity index (χ4n) is 2.37. The van der Waals surface area contributed by atoms with Gasteiger partial charge in [-0.05, 0) is 25.7 Å². The maximum absolute atomic E-state index is 10.9. The van der Waals surface area contributed by atoms with Gasteiger partial charge in [0.25, 0.3) is 0 Å². The Labute approximate surface area is 102 Å². The van der Waals surface area contributed by atoms with Gasteiger partial charge in [-0.3, -0.25) is 4.79 Å². The third-order valence-corrected chi connectivity index (χ3v) is 3.43. The van der Waals surface area contributed by atoms with E-state index in [2.05, 4.69) is 17.6 Å². The first-order valence-electron chi connectivity index (χ1n) is 6.24. The van der Waals surface area contributed by atoms with Gasteiger partial charge in [0.1, 0.15) is 6.04 Å². The van der Waals surface area contributed by atoms with E-state index in [0.29, 0.717) is 12.0 Å². The number of amides is 1. The Hall–Kier alpha value is -1.10. The van der Waals surface area contributed by atoms with E-state index in [1.165, 1.54) is 32.6 Å². The van der Waals surface area contributed by atoms with E-state index in [-0.39, 0.29) is 12.5 Å². The van der Waals surface area contributed by atoms with Crippen molar-refractivity contribution in [3.05, 3.63) is 0 Å². The van der Waals surface area contributed by atoms with Crippen molar-refractivity contribution < 1.29 is 14.7 Å². The summed E-state index contributed by atoms with van der Waals surface area (Å²) < 4.78 is 0. The van der Waals surface area contributed by atoms with Crippen LogP contribution in [0.3, 0.4) is 0 Å². The largest absolute Gasteiger partial charge is 0.480 e. The fourth-order valence-corrected chi connectivity index (χ4v) is 2.37. The van der Waals surface area contributed by atoms with E-state index in [4.69, 9.17) is 5.11 Å². The molecule has 5 nitrogen and oxygen atoms in total. The Bertz CT molecular complexity index is 275. The minimum absolute atomic E-state index is 0.284. The van der Waals surface area contributed by atoms with E-state index in [1.54, 1.807) is 0 Å². The van der Waals surface area contributed by atoms with E-state index < -0.39 is 12.0 Å². The van der Waals surface area contributed by atoms with E-state index in [0.717, 1.165) is 0 Å². The molecule has 0 heterocycles. The van der Waals surface area contributed by atoms with Crippen LogP contribution in [0.4, 0.5) is 0 Å². The number of aliphatic carboxylic acids is 1. The van der Waals surface area contributed by atoms with Gasteiger partial charge in [-0.1, -0.05) is 12.8 Å². The predicted octanol–water partition coefficient (Wildman–Crippen LogP) is 0.744. The number of rotatable bonds is 6. The van der Waals surface area contributed by atoms with Crippen molar-refractivity contribution >= 4 is 11.9 Å². The molecule has 0 aromatic heterocycles. The topological polar surface area (TPSA) is 78.4 Å². The van der Waals surface area contributed by atoms with Gasteiger partial charge in [0.2, 0.25) is 5.91 Å². The zero-order valence-corrected chi connectivity index (χ0v) is 10.5. The fraction of sp³-hybridized carbons (Fsp3) is 0.833. The van der Waals surface area contributed by atoms with Crippen molar-refractivity contribution in [2.45, 2.75) is 51.6 Å². The van der Waals surface area contributed by atoms with Gasteiger partial charge in [-0.15, -0.1) is 0 Å². The second-order valence-electron chi connectivity index (χ2n) is 4.83. The van der Waals surface area contributed by atoms with E-state index in [1.807, 2.05) is 0 Å². The molecule has 98 valence electrons. The molecular weight excluding hydrogens is 220 g/mol. The Balaban J connectivity index is 2.34. The highest BCUT2D eigenvalue weighted by Gasteiger charge is 2.24. The lowest BCUT2D eigenvalue weighted by molar-refractivity contribution is -0.141. The molecule has 5 heteroatoms. The lowest BCUT2D eigenvalue weighted by Gasteiger charge is -2.22. The van der Waals surface area contributed by atoms with Crippen LogP contribution in [-0.4, -0.2) is 35.6 Å². The van der Waals surface area contributed by atoms with Crippen molar-refractivity contribution in [3.63, 3.8) is 0 Å². The second kappa shape index (κ2) is 6.59. The number of carboxylic acids is 1. The van der Waals surface area contributed by atoms with Crippen LogP contribution in [0.2, 0.25) is 0 Å². The Kier molecular flexibility index (Phi) is 5.41. The summed E-state index contributed by atoms with van der Waals surface area (Å²) in [5.74, 6) is -0.666. The predicted molar refractivity (Wildman–Crippen MR) is 64.7 cm³/mol. The molecule has 17 heavy (non-hydrogen) atoms. The molecule has 1 aliphatic carbocycles. The van der Waals surface area contributed by atoms with Gasteiger partial charge in [0, 0.05) is 19.5 Å². The highest BCUT2D eigenvalue weighted by atomic mass is 16.4. The number of carboxylic acid groups (broad SMARTS) is 1. The third kappa shape index (κ3) is 4.73. The summed E-state index contributed by atoms with van der Waals surface area (Å²) in [7, 11) is 0. The summed E-state index contributed by atoms with van der Waals surface area (Å²) in [5, 5.41) is 14.6. The molecule has 0 saturated heterocycles. The highest BCUT2D eigenvalue weighted by Crippen LogP contribution is 2.27. The van der Waals surface area contributed by atoms with Gasteiger partial charge >= 0.3 is 5.97 Å². The molecule has 1 amide bonds. The molecule has 1 aliphatic rings. The molecule has 0 aromatic rings. The van der Waals surface area contributed by atoms with Crippen LogP contribution >= 0.6 is 0 Å². The smallest absolute Gasteiger partial charge is 0.327 e. The van der Waals surface area contributed by atoms with Gasteiger partial charge in [0.05, 0.1) is 0 Å². The summed E-state index contributed by atoms with van der Waals surface area (Å²) in [4.78, 5) is 21.8. The van der Waals surface area contributed by atoms with Crippen LogP contribution in [0, 0.1) is 5.92 Å². The SMILES string of the molecule is CC(=O)NC(CN[C@@H](C)C1CCCC1)C(=O)O. The molecule has 1 unspecified atom stereocenters. The lowest BCUT2D eigenvalue weighted by Crippen LogP contribution is -2.49. The molecule has 1 saturated carbocycles. The molecule has 0 bridgehead atoms. The number of hydrogen-bond donors (Lipinski definition) is 3. The van der Waals surface area contributed by atoms with Crippen LogP contribution in [0.5, 0.6) is 0 Å². The first-order chi connectivity index (χ1) is 8.00. The standard InChI is InChI=1S/C12H22N2O3/c1-8(10-5-3-4-6-10)13-7-11(12(16)17)14-9(2)15/h8,10-11,13H,3-7H2,1-2H3,(H,14,15)(H,16,17)/t8-,11?/m0/s1. The lowest BCUT2D eigenvalue weighted by atomic mass is 9.99. The zero-order valence-electron chi connectivity index (χ0n) is 10.5. The van der Waals surface area contributed by atoms with Gasteiger partial charge in [0.15, 0.2) is 0 Å². The Morgan fingerprint density at radius 1 is 1.35 bits per heavy atom. The van der Waals surface area contributed by atoms with Gasteiger partial charge < -0.3 is 15.7 Å². The summed E-state index contributed by atoms with van der Waals surface area (Å²) in [6.45, 7) is 3.70. The highest BCUT2D eigenvalue weighted by molar-refractivity contribution is 5.82. The quantitative estimate of drug-likeness (QED) is 0.642. The number of hydrogen-bond acceptors (Lipinski definition) is 3. The monoisotopic (exact) mass is 242 g/mol. The molecule has 1 rings (SSSR count). The number of carbonyl (C=O) groups is 2. The molecule has 3 N–H and O–H groups in total. The number of nitrogens with one attached hydrogen (secondary N) is 2. The van der Waals surface area contributed by atoms with Crippen LogP contribution < -0.4 is 10.6 Å². The van der Waals surface area contributed by atoms with Crippen LogP contribution in [0.1, 0.15) is 39.5 Å². The molecule has 0 spiro atoms. The minimum Gasteiger partial charge on any atom is -0.480 e. The first kappa shape index (κ1) is 14.0. The van der Waals surface area contributed by atoms with Crippen LogP contribution in [0.15, 0.2) is 0 Å². The maximum Gasteiger partial charge on any atom is 0.327 e. The molecular formula is C12H22N2O3. The molecule has 0 aromatic carbocycles. The first-order valence-corrected chi connectivity index (χ1v) is 6.24. The molecule has 0 radical (unpaired) electrons. The molecule has 0 aliphatic heterocycles. The van der Waals surface area contributed by atoms with Crippen molar-refractivity contribution in [2.75, 3.05) is 6.54 Å². The summed E-state index contributed by atoms with van der Waals surface area (Å²) in [5.41, 5.74) is 0. The summed E-state index contributed by atoms with van der Waals surface area (Å²) in [6, 6.07) is -0.524. The van der Waals surface area contributed by atoms with Crippen molar-refractivity contribution in [2.24, 2.45) is 5.92 Å². The number of carbonyl (C=O) groups excluding carboxylic acids is 1.